The van der Waals surface area contributed by atoms with Gasteiger partial charge in [-0.1, -0.05) is 17.7 Å². The van der Waals surface area contributed by atoms with Gasteiger partial charge in [0, 0.05) is 29.9 Å². The molecule has 0 bridgehead atoms. The molecule has 2 aliphatic rings. The molecule has 3 rings (SSSR count). The van der Waals surface area contributed by atoms with Crippen LogP contribution in [0.4, 0.5) is 5.69 Å². The third kappa shape index (κ3) is 3.71. The fourth-order valence-electron chi connectivity index (χ4n) is 2.07. The summed E-state index contributed by atoms with van der Waals surface area (Å²) in [7, 11) is 0. The minimum Gasteiger partial charge on any atom is -0.321 e. The molecule has 0 fully saturated rings. The third-order valence-electron chi connectivity index (χ3n) is 3.05. The summed E-state index contributed by atoms with van der Waals surface area (Å²) < 4.78 is 0. The van der Waals surface area contributed by atoms with Crippen LogP contribution >= 0.6 is 40.3 Å². The van der Waals surface area contributed by atoms with Crippen LogP contribution in [-0.4, -0.2) is 35.0 Å². The topological polar surface area (TPSA) is 61.8 Å². The quantitative estimate of drug-likeness (QED) is 0.827. The lowest BCUT2D eigenvalue weighted by molar-refractivity contribution is -0.123. The van der Waals surface area contributed by atoms with Crippen LogP contribution in [0.5, 0.6) is 0 Å². The average Bonchev–Trinajstić information content (AvgIpc) is 2.47. The van der Waals surface area contributed by atoms with Crippen LogP contribution in [-0.2, 0) is 9.59 Å². The Balaban J connectivity index is 0.00000176. The van der Waals surface area contributed by atoms with Crippen molar-refractivity contribution in [1.29, 1.82) is 0 Å². The molecule has 0 aromatic heterocycles. The van der Waals surface area contributed by atoms with Gasteiger partial charge in [-0.15, -0.1) is 17.0 Å². The minimum absolute atomic E-state index is 0. The summed E-state index contributed by atoms with van der Waals surface area (Å²) in [5, 5.41) is 3.87. The highest BCUT2D eigenvalue weighted by atomic mass is 79.9. The maximum atomic E-state index is 12.2. The first-order valence-electron chi connectivity index (χ1n) is 6.46. The normalized spacial score (nSPS) is 17.0. The number of halogens is 2. The highest BCUT2D eigenvalue weighted by Gasteiger charge is 2.30. The monoisotopic (exact) mass is 401 g/mol. The number of fused-ring (bicyclic) bond motifs is 1. The number of nitrogens with one attached hydrogen (secondary N) is 1. The summed E-state index contributed by atoms with van der Waals surface area (Å²) >= 11 is 7.10. The molecular formula is C14H13BrClN3O2S. The number of hydrogen-bond acceptors (Lipinski definition) is 4. The van der Waals surface area contributed by atoms with Crippen LogP contribution in [0.3, 0.4) is 0 Å². The standard InChI is InChI=1S/C14H12ClN3O2S.BrH/c15-9-3-1-4-10(7-9)17-13(20)11-8-12(19)18-6-2-5-16-14(18)21-11;/h1,3-4,7-8H,2,5-6H2,(H,17,20);1H. The molecule has 0 saturated carbocycles. The number of amides is 2. The maximum absolute atomic E-state index is 12.2. The van der Waals surface area contributed by atoms with Crippen molar-refractivity contribution in [2.75, 3.05) is 18.4 Å². The number of anilines is 1. The predicted molar refractivity (Wildman–Crippen MR) is 94.7 cm³/mol. The first-order chi connectivity index (χ1) is 10.1. The Labute approximate surface area is 147 Å². The van der Waals surface area contributed by atoms with E-state index < -0.39 is 0 Å². The van der Waals surface area contributed by atoms with Crippen molar-refractivity contribution in [2.24, 2.45) is 4.99 Å². The van der Waals surface area contributed by atoms with E-state index in [2.05, 4.69) is 10.3 Å². The summed E-state index contributed by atoms with van der Waals surface area (Å²) in [6.45, 7) is 1.35. The van der Waals surface area contributed by atoms with Crippen molar-refractivity contribution < 1.29 is 9.59 Å². The van der Waals surface area contributed by atoms with Gasteiger partial charge in [0.25, 0.3) is 11.8 Å². The zero-order chi connectivity index (χ0) is 14.8. The molecule has 8 heteroatoms. The molecule has 0 unspecified atom stereocenters. The summed E-state index contributed by atoms with van der Waals surface area (Å²) in [6.07, 6.45) is 2.21. The molecule has 0 atom stereocenters. The van der Waals surface area contributed by atoms with Crippen molar-refractivity contribution in [2.45, 2.75) is 6.42 Å². The number of benzene rings is 1. The third-order valence-corrected chi connectivity index (χ3v) is 4.34. The van der Waals surface area contributed by atoms with Gasteiger partial charge >= 0.3 is 0 Å². The van der Waals surface area contributed by atoms with E-state index >= 15 is 0 Å². The molecule has 1 aromatic rings. The number of hydrogen-bond donors (Lipinski definition) is 1. The number of rotatable bonds is 2. The zero-order valence-corrected chi connectivity index (χ0v) is 14.7. The van der Waals surface area contributed by atoms with Crippen molar-refractivity contribution in [1.82, 2.24) is 4.90 Å². The van der Waals surface area contributed by atoms with E-state index in [1.807, 2.05) is 0 Å². The Hall–Kier alpha value is -1.31. The Morgan fingerprint density at radius 1 is 1.41 bits per heavy atom. The molecule has 22 heavy (non-hydrogen) atoms. The molecule has 2 amide bonds. The summed E-state index contributed by atoms with van der Waals surface area (Å²) in [6, 6.07) is 6.87. The average molecular weight is 403 g/mol. The van der Waals surface area contributed by atoms with Gasteiger partial charge in [0.1, 0.15) is 0 Å². The molecule has 2 aliphatic heterocycles. The Bertz CT molecular complexity index is 678. The molecule has 116 valence electrons. The first-order valence-corrected chi connectivity index (χ1v) is 7.65. The molecule has 0 aliphatic carbocycles. The van der Waals surface area contributed by atoms with E-state index in [-0.39, 0.29) is 28.8 Å². The lowest BCUT2D eigenvalue weighted by Crippen LogP contribution is -2.41. The SMILES string of the molecule is Br.O=C(Nc1cccc(Cl)c1)C1=CC(=O)N2CCCN=C2S1. The molecule has 1 N–H and O–H groups in total. The second kappa shape index (κ2) is 7.30. The van der Waals surface area contributed by atoms with Crippen molar-refractivity contribution in [3.63, 3.8) is 0 Å². The number of carbonyl (C=O) groups excluding carboxylic acids is 2. The van der Waals surface area contributed by atoms with Gasteiger partial charge in [0.2, 0.25) is 0 Å². The number of nitrogens with zero attached hydrogens (tertiary/aromatic N) is 2. The van der Waals surface area contributed by atoms with Gasteiger partial charge in [-0.2, -0.15) is 0 Å². The van der Waals surface area contributed by atoms with Gasteiger partial charge < -0.3 is 5.32 Å². The van der Waals surface area contributed by atoms with E-state index in [0.29, 0.717) is 33.9 Å². The van der Waals surface area contributed by atoms with E-state index in [4.69, 9.17) is 11.6 Å². The van der Waals surface area contributed by atoms with E-state index in [9.17, 15) is 9.59 Å². The first kappa shape index (κ1) is 17.1. The van der Waals surface area contributed by atoms with Gasteiger partial charge in [-0.25, -0.2) is 0 Å². The molecule has 0 spiro atoms. The number of amidine groups is 1. The second-order valence-electron chi connectivity index (χ2n) is 4.58. The number of aliphatic imine (C=N–C) groups is 1. The van der Waals surface area contributed by atoms with Gasteiger partial charge in [0.05, 0.1) is 4.91 Å². The van der Waals surface area contributed by atoms with Crippen LogP contribution in [0.2, 0.25) is 5.02 Å². The predicted octanol–water partition coefficient (Wildman–Crippen LogP) is 3.08. The molecule has 0 saturated heterocycles. The largest absolute Gasteiger partial charge is 0.321 e. The Kier molecular flexibility index (Phi) is 5.66. The Morgan fingerprint density at radius 3 is 3.00 bits per heavy atom. The van der Waals surface area contributed by atoms with Crippen LogP contribution in [0.15, 0.2) is 40.2 Å². The molecule has 2 heterocycles. The van der Waals surface area contributed by atoms with Gasteiger partial charge in [-0.3, -0.25) is 19.5 Å². The van der Waals surface area contributed by atoms with Crippen LogP contribution < -0.4 is 5.32 Å². The smallest absolute Gasteiger partial charge is 0.262 e. The van der Waals surface area contributed by atoms with E-state index in [0.717, 1.165) is 6.42 Å². The lowest BCUT2D eigenvalue weighted by Gasteiger charge is -2.29. The molecule has 5 nitrogen and oxygen atoms in total. The number of thioether (sulfide) groups is 1. The van der Waals surface area contributed by atoms with E-state index in [1.165, 1.54) is 17.8 Å². The van der Waals surface area contributed by atoms with Crippen LogP contribution in [0, 0.1) is 0 Å². The number of carbonyl (C=O) groups is 2. The highest BCUT2D eigenvalue weighted by Crippen LogP contribution is 2.29. The zero-order valence-electron chi connectivity index (χ0n) is 11.4. The van der Waals surface area contributed by atoms with Crippen molar-refractivity contribution in [3.8, 4) is 0 Å². The van der Waals surface area contributed by atoms with Crippen molar-refractivity contribution in [3.05, 3.63) is 40.3 Å². The molecule has 1 aromatic carbocycles. The fourth-order valence-corrected chi connectivity index (χ4v) is 3.20. The second-order valence-corrected chi connectivity index (χ2v) is 6.03. The van der Waals surface area contributed by atoms with Crippen LogP contribution in [0.1, 0.15) is 6.42 Å². The molecular weight excluding hydrogens is 390 g/mol. The summed E-state index contributed by atoms with van der Waals surface area (Å²) in [4.78, 5) is 30.5. The van der Waals surface area contributed by atoms with E-state index in [1.54, 1.807) is 29.2 Å². The maximum Gasteiger partial charge on any atom is 0.262 e. The molecule has 0 radical (unpaired) electrons. The summed E-state index contributed by atoms with van der Waals surface area (Å²) in [5.41, 5.74) is 0.592. The minimum atomic E-state index is -0.330. The fraction of sp³-hybridized carbons (Fsp3) is 0.214. The Morgan fingerprint density at radius 2 is 2.23 bits per heavy atom. The van der Waals surface area contributed by atoms with Crippen LogP contribution in [0.25, 0.3) is 0 Å². The highest BCUT2D eigenvalue weighted by molar-refractivity contribution is 8.93. The van der Waals surface area contributed by atoms with Crippen molar-refractivity contribution >= 4 is 63.0 Å². The lowest BCUT2D eigenvalue weighted by atomic mass is 10.3. The van der Waals surface area contributed by atoms with Gasteiger partial charge in [0.15, 0.2) is 5.17 Å². The summed E-state index contributed by atoms with van der Waals surface area (Å²) in [5.74, 6) is -0.521. The van der Waals surface area contributed by atoms with Gasteiger partial charge in [-0.05, 0) is 36.4 Å².